The molecule has 188 valence electrons. The molecule has 1 saturated carbocycles. The fourth-order valence-corrected chi connectivity index (χ4v) is 3.86. The fraction of sp³-hybridized carbons (Fsp3) is 0.179. The summed E-state index contributed by atoms with van der Waals surface area (Å²) >= 11 is 0. The van der Waals surface area contributed by atoms with Crippen LogP contribution in [0, 0.1) is 0 Å². The van der Waals surface area contributed by atoms with Crippen molar-refractivity contribution in [3.05, 3.63) is 84.6 Å². The van der Waals surface area contributed by atoms with Crippen LogP contribution in [0.3, 0.4) is 0 Å². The summed E-state index contributed by atoms with van der Waals surface area (Å²) in [6.45, 7) is 0. The van der Waals surface area contributed by atoms with Crippen molar-refractivity contribution in [2.45, 2.75) is 18.9 Å². The third-order valence-corrected chi connectivity index (χ3v) is 5.96. The van der Waals surface area contributed by atoms with Gasteiger partial charge in [-0.25, -0.2) is 9.48 Å². The smallest absolute Gasteiger partial charge is 0.319 e. The predicted molar refractivity (Wildman–Crippen MR) is 142 cm³/mol. The summed E-state index contributed by atoms with van der Waals surface area (Å²) in [5, 5.41) is 13.3. The average molecular weight is 498 g/mol. The van der Waals surface area contributed by atoms with Crippen LogP contribution in [0.15, 0.2) is 79.0 Å². The van der Waals surface area contributed by atoms with Crippen LogP contribution in [0.4, 0.5) is 16.2 Å². The second kappa shape index (κ2) is 10.4. The van der Waals surface area contributed by atoms with Gasteiger partial charge in [0.05, 0.1) is 25.5 Å². The van der Waals surface area contributed by atoms with Gasteiger partial charge in [0, 0.05) is 35.2 Å². The number of ether oxygens (including phenoxy) is 2. The molecule has 0 unspecified atom stereocenters. The monoisotopic (exact) mass is 497 g/mol. The molecule has 1 aliphatic carbocycles. The molecule has 1 aromatic heterocycles. The van der Waals surface area contributed by atoms with Gasteiger partial charge in [-0.3, -0.25) is 4.79 Å². The van der Waals surface area contributed by atoms with Crippen LogP contribution in [0.5, 0.6) is 11.5 Å². The number of carbonyl (C=O) groups is 2. The number of amides is 3. The van der Waals surface area contributed by atoms with E-state index in [9.17, 15) is 9.59 Å². The second-order valence-electron chi connectivity index (χ2n) is 8.64. The van der Waals surface area contributed by atoms with Gasteiger partial charge in [-0.1, -0.05) is 18.2 Å². The third-order valence-electron chi connectivity index (χ3n) is 5.96. The van der Waals surface area contributed by atoms with Gasteiger partial charge in [-0.15, -0.1) is 0 Å². The number of hydrogen-bond acceptors (Lipinski definition) is 5. The van der Waals surface area contributed by atoms with Crippen molar-refractivity contribution in [3.63, 3.8) is 0 Å². The molecular weight excluding hydrogens is 470 g/mol. The van der Waals surface area contributed by atoms with E-state index in [2.05, 4.69) is 16.0 Å². The summed E-state index contributed by atoms with van der Waals surface area (Å²) in [7, 11) is 3.14. The lowest BCUT2D eigenvalue weighted by Gasteiger charge is -2.11. The molecule has 0 radical (unpaired) electrons. The van der Waals surface area contributed by atoms with Gasteiger partial charge in [-0.2, -0.15) is 5.10 Å². The van der Waals surface area contributed by atoms with E-state index in [1.165, 1.54) is 0 Å². The lowest BCUT2D eigenvalue weighted by Crippen LogP contribution is -2.30. The van der Waals surface area contributed by atoms with Crippen molar-refractivity contribution in [1.29, 1.82) is 0 Å². The Morgan fingerprint density at radius 2 is 1.59 bits per heavy atom. The highest BCUT2D eigenvalue weighted by Crippen LogP contribution is 2.35. The standard InChI is InChI=1S/C28H27N5O4/c1-36-22-14-15-23(25(16-22)37-2)26-24(17-33(32-26)21-6-4-3-5-7-21)27(34)29-18-8-10-19(11-9-18)30-28(35)31-20-12-13-20/h3-11,14-17,20H,12-13H2,1-2H3,(H,29,34)(H2,30,31,35). The van der Waals surface area contributed by atoms with E-state index in [0.717, 1.165) is 18.5 Å². The average Bonchev–Trinajstić information content (AvgIpc) is 3.63. The number of benzene rings is 3. The van der Waals surface area contributed by atoms with Crippen molar-refractivity contribution >= 4 is 23.3 Å². The van der Waals surface area contributed by atoms with E-state index < -0.39 is 0 Å². The van der Waals surface area contributed by atoms with Crippen LogP contribution < -0.4 is 25.4 Å². The van der Waals surface area contributed by atoms with Gasteiger partial charge in [0.25, 0.3) is 5.91 Å². The maximum absolute atomic E-state index is 13.5. The Morgan fingerprint density at radius 3 is 2.24 bits per heavy atom. The maximum Gasteiger partial charge on any atom is 0.319 e. The molecule has 1 heterocycles. The van der Waals surface area contributed by atoms with Crippen LogP contribution in [0.25, 0.3) is 16.9 Å². The van der Waals surface area contributed by atoms with Crippen LogP contribution in [0.1, 0.15) is 23.2 Å². The molecule has 3 amide bonds. The SMILES string of the molecule is COc1ccc(-c2nn(-c3ccccc3)cc2C(=O)Nc2ccc(NC(=O)NC3CC3)cc2)c(OC)c1. The molecular formula is C28H27N5O4. The maximum atomic E-state index is 13.5. The van der Waals surface area contributed by atoms with E-state index in [1.54, 1.807) is 61.5 Å². The van der Waals surface area contributed by atoms with E-state index in [-0.39, 0.29) is 18.0 Å². The molecule has 4 aromatic rings. The summed E-state index contributed by atoms with van der Waals surface area (Å²) in [5.74, 6) is 0.836. The van der Waals surface area contributed by atoms with Crippen LogP contribution in [0.2, 0.25) is 0 Å². The molecule has 0 aliphatic heterocycles. The molecule has 3 aromatic carbocycles. The largest absolute Gasteiger partial charge is 0.497 e. The highest BCUT2D eigenvalue weighted by molar-refractivity contribution is 6.08. The van der Waals surface area contributed by atoms with Crippen molar-refractivity contribution in [2.24, 2.45) is 0 Å². The molecule has 9 nitrogen and oxygen atoms in total. The first-order valence-corrected chi connectivity index (χ1v) is 11.9. The van der Waals surface area contributed by atoms with E-state index >= 15 is 0 Å². The van der Waals surface area contributed by atoms with Gasteiger partial charge < -0.3 is 25.4 Å². The Bertz CT molecular complexity index is 1410. The number of methoxy groups -OCH3 is 2. The molecule has 9 heteroatoms. The first-order valence-electron chi connectivity index (χ1n) is 11.9. The van der Waals surface area contributed by atoms with Gasteiger partial charge in [0.15, 0.2) is 0 Å². The Labute approximate surface area is 214 Å². The number of rotatable bonds is 8. The molecule has 0 saturated heterocycles. The van der Waals surface area contributed by atoms with Crippen LogP contribution in [-0.2, 0) is 0 Å². The zero-order chi connectivity index (χ0) is 25.8. The number of aromatic nitrogens is 2. The Hall–Kier alpha value is -4.79. The van der Waals surface area contributed by atoms with Crippen molar-refractivity contribution < 1.29 is 19.1 Å². The molecule has 37 heavy (non-hydrogen) atoms. The first kappa shape index (κ1) is 23.9. The van der Waals surface area contributed by atoms with E-state index in [1.807, 2.05) is 36.4 Å². The molecule has 1 aliphatic rings. The lowest BCUT2D eigenvalue weighted by molar-refractivity contribution is 0.102. The van der Waals surface area contributed by atoms with Gasteiger partial charge in [0.1, 0.15) is 17.2 Å². The van der Waals surface area contributed by atoms with Gasteiger partial charge in [-0.05, 0) is 61.4 Å². The minimum Gasteiger partial charge on any atom is -0.497 e. The Balaban J connectivity index is 1.42. The normalized spacial score (nSPS) is 12.5. The molecule has 3 N–H and O–H groups in total. The van der Waals surface area contributed by atoms with Crippen LogP contribution in [-0.4, -0.2) is 42.0 Å². The summed E-state index contributed by atoms with van der Waals surface area (Å²) < 4.78 is 12.6. The molecule has 0 spiro atoms. The summed E-state index contributed by atoms with van der Waals surface area (Å²) in [6.07, 6.45) is 3.73. The highest BCUT2D eigenvalue weighted by atomic mass is 16.5. The minimum absolute atomic E-state index is 0.231. The lowest BCUT2D eigenvalue weighted by atomic mass is 10.1. The summed E-state index contributed by atoms with van der Waals surface area (Å²) in [5.41, 5.74) is 3.53. The quantitative estimate of drug-likeness (QED) is 0.314. The zero-order valence-corrected chi connectivity index (χ0v) is 20.5. The van der Waals surface area contributed by atoms with E-state index in [4.69, 9.17) is 14.6 Å². The highest BCUT2D eigenvalue weighted by Gasteiger charge is 2.24. The van der Waals surface area contributed by atoms with Gasteiger partial charge >= 0.3 is 6.03 Å². The molecule has 5 rings (SSSR count). The Morgan fingerprint density at radius 1 is 0.892 bits per heavy atom. The second-order valence-corrected chi connectivity index (χ2v) is 8.64. The molecule has 0 bridgehead atoms. The Kier molecular flexibility index (Phi) is 6.76. The number of para-hydroxylation sites is 1. The third kappa shape index (κ3) is 5.56. The number of hydrogen-bond donors (Lipinski definition) is 3. The number of carbonyl (C=O) groups excluding carboxylic acids is 2. The first-order chi connectivity index (χ1) is 18.0. The van der Waals surface area contributed by atoms with Crippen molar-refractivity contribution in [3.8, 4) is 28.4 Å². The number of nitrogens with zero attached hydrogens (tertiary/aromatic N) is 2. The van der Waals surface area contributed by atoms with Crippen LogP contribution >= 0.6 is 0 Å². The number of urea groups is 1. The fourth-order valence-electron chi connectivity index (χ4n) is 3.86. The topological polar surface area (TPSA) is 107 Å². The summed E-state index contributed by atoms with van der Waals surface area (Å²) in [4.78, 5) is 25.4. The number of nitrogens with one attached hydrogen (secondary N) is 3. The van der Waals surface area contributed by atoms with Crippen molar-refractivity contribution in [1.82, 2.24) is 15.1 Å². The number of anilines is 2. The van der Waals surface area contributed by atoms with E-state index in [0.29, 0.717) is 39.7 Å². The predicted octanol–water partition coefficient (Wildman–Crippen LogP) is 5.09. The summed E-state index contributed by atoms with van der Waals surface area (Å²) in [6, 6.07) is 21.9. The molecule has 0 atom stereocenters. The minimum atomic E-state index is -0.331. The molecule has 1 fully saturated rings. The van der Waals surface area contributed by atoms with Gasteiger partial charge in [0.2, 0.25) is 0 Å². The van der Waals surface area contributed by atoms with Crippen molar-refractivity contribution in [2.75, 3.05) is 24.9 Å². The zero-order valence-electron chi connectivity index (χ0n) is 20.5.